The highest BCUT2D eigenvalue weighted by Gasteiger charge is 2.36. The Hall–Kier alpha value is -4.21. The molecular weight excluding hydrogens is 626 g/mol. The number of aromatic nitrogens is 2. The van der Waals surface area contributed by atoms with Gasteiger partial charge in [-0.15, -0.1) is 0 Å². The lowest BCUT2D eigenvalue weighted by Crippen LogP contribution is -2.40. The first-order valence-electron chi connectivity index (χ1n) is 14.2. The molecule has 0 unspecified atom stereocenters. The number of esters is 1. The van der Waals surface area contributed by atoms with Crippen molar-refractivity contribution < 1.29 is 14.3 Å². The third-order valence-electron chi connectivity index (χ3n) is 7.46. The summed E-state index contributed by atoms with van der Waals surface area (Å²) in [5, 5.41) is 1.01. The van der Waals surface area contributed by atoms with Crippen molar-refractivity contribution in [3.63, 3.8) is 0 Å². The third-order valence-corrected chi connectivity index (χ3v) is 8.94. The molecule has 1 atom stereocenters. The second-order valence-electron chi connectivity index (χ2n) is 10.1. The summed E-state index contributed by atoms with van der Waals surface area (Å²) >= 11 is 4.90. The van der Waals surface area contributed by atoms with Crippen LogP contribution in [-0.2, 0) is 9.53 Å². The second kappa shape index (κ2) is 12.2. The van der Waals surface area contributed by atoms with E-state index in [-0.39, 0.29) is 12.2 Å². The normalized spacial score (nSPS) is 15.0. The number of thiazole rings is 1. The Morgan fingerprint density at radius 2 is 1.86 bits per heavy atom. The molecule has 1 aliphatic heterocycles. The van der Waals surface area contributed by atoms with Gasteiger partial charge in [0, 0.05) is 26.5 Å². The summed E-state index contributed by atoms with van der Waals surface area (Å²) in [6.07, 6.45) is 3.27. The molecule has 1 N–H and O–H groups in total. The van der Waals surface area contributed by atoms with Gasteiger partial charge in [0.25, 0.3) is 5.56 Å². The molecule has 6 rings (SSSR count). The highest BCUT2D eigenvalue weighted by atomic mass is 79.9. The number of halogens is 1. The van der Waals surface area contributed by atoms with E-state index in [1.165, 1.54) is 11.3 Å². The van der Waals surface area contributed by atoms with Crippen LogP contribution < -0.4 is 19.6 Å². The first kappa shape index (κ1) is 28.9. The van der Waals surface area contributed by atoms with Gasteiger partial charge in [0.05, 0.1) is 35.2 Å². The topological polar surface area (TPSA) is 85.7 Å². The average molecular weight is 657 g/mol. The number of nitrogens with zero attached hydrogens (tertiary/aromatic N) is 2. The molecule has 0 saturated carbocycles. The quantitative estimate of drug-likeness (QED) is 0.194. The Balaban J connectivity index is 1.66. The lowest BCUT2D eigenvalue weighted by Gasteiger charge is -2.27. The van der Waals surface area contributed by atoms with E-state index >= 15 is 0 Å². The maximum atomic E-state index is 14.4. The number of H-pyrrole nitrogens is 1. The predicted octanol–water partition coefficient (Wildman–Crippen LogP) is 6.50. The fourth-order valence-corrected chi connectivity index (χ4v) is 6.99. The van der Waals surface area contributed by atoms with Crippen LogP contribution in [0, 0.1) is 0 Å². The fraction of sp³-hybridized carbons (Fsp3) is 0.206. The van der Waals surface area contributed by atoms with Gasteiger partial charge in [0.1, 0.15) is 11.8 Å². The second-order valence-corrected chi connectivity index (χ2v) is 12.0. The van der Waals surface area contributed by atoms with Crippen molar-refractivity contribution in [1.29, 1.82) is 0 Å². The number of hydrogen-bond acceptors (Lipinski definition) is 6. The molecular formula is C34H30BrN3O4S. The minimum atomic E-state index is -0.775. The largest absolute Gasteiger partial charge is 0.496 e. The Labute approximate surface area is 261 Å². The number of nitrogens with one attached hydrogen (secondary N) is 1. The minimum absolute atomic E-state index is 0.206. The third kappa shape index (κ3) is 5.28. The van der Waals surface area contributed by atoms with Crippen molar-refractivity contribution in [2.75, 3.05) is 13.7 Å². The van der Waals surface area contributed by atoms with E-state index in [4.69, 9.17) is 14.5 Å². The highest BCUT2D eigenvalue weighted by Crippen LogP contribution is 2.38. The maximum absolute atomic E-state index is 14.4. The van der Waals surface area contributed by atoms with E-state index in [0.717, 1.165) is 38.6 Å². The average Bonchev–Trinajstić information content (AvgIpc) is 3.54. The molecule has 2 aromatic heterocycles. The van der Waals surface area contributed by atoms with Gasteiger partial charge in [0.2, 0.25) is 0 Å². The zero-order chi connectivity index (χ0) is 30.1. The van der Waals surface area contributed by atoms with Gasteiger partial charge in [-0.1, -0.05) is 89.1 Å². The number of rotatable bonds is 8. The van der Waals surface area contributed by atoms with Crippen molar-refractivity contribution in [2.24, 2.45) is 4.99 Å². The first-order valence-corrected chi connectivity index (χ1v) is 15.8. The Morgan fingerprint density at radius 3 is 2.60 bits per heavy atom. The molecule has 0 fully saturated rings. The maximum Gasteiger partial charge on any atom is 0.338 e. The molecule has 3 aromatic carbocycles. The summed E-state index contributed by atoms with van der Waals surface area (Å²) in [5.41, 5.74) is 5.26. The molecule has 0 saturated heterocycles. The van der Waals surface area contributed by atoms with Crippen LogP contribution in [0.5, 0.6) is 5.75 Å². The number of methoxy groups -OCH3 is 1. The van der Waals surface area contributed by atoms with E-state index < -0.39 is 12.0 Å². The van der Waals surface area contributed by atoms with Crippen molar-refractivity contribution >= 4 is 50.2 Å². The SMILES string of the molecule is CCCC1=C(C(=O)OCC)[C@H](c2cc(Br)ccc2OC)n2c(s/c(=C/c3c(-c4ccccc4)[nH]c4ccccc34)c2=O)=N1. The Kier molecular flexibility index (Phi) is 8.19. The number of carbonyl (C=O) groups excluding carboxylic acids is 1. The predicted molar refractivity (Wildman–Crippen MR) is 174 cm³/mol. The molecule has 0 aliphatic carbocycles. The van der Waals surface area contributed by atoms with E-state index in [0.29, 0.717) is 38.3 Å². The number of allylic oxidation sites excluding steroid dienone is 1. The molecule has 218 valence electrons. The molecule has 9 heteroatoms. The summed E-state index contributed by atoms with van der Waals surface area (Å²) in [6.45, 7) is 4.02. The van der Waals surface area contributed by atoms with Crippen molar-refractivity contribution in [3.05, 3.63) is 119 Å². The van der Waals surface area contributed by atoms with Crippen molar-refractivity contribution in [2.45, 2.75) is 32.7 Å². The minimum Gasteiger partial charge on any atom is -0.496 e. The molecule has 1 aliphatic rings. The lowest BCUT2D eigenvalue weighted by molar-refractivity contribution is -0.139. The number of aromatic amines is 1. The standard InChI is InChI=1S/C34H30BrN3O4S/c1-4-11-26-29(33(40)42-5-2)31(24-18-21(35)16-17-27(24)41-3)38-32(39)28(43-34(38)37-26)19-23-22-14-9-10-15-25(22)36-30(23)20-12-7-6-8-13-20/h6-10,12-19,31,36H,4-5,11H2,1-3H3/b28-19+/t31-/m0/s1. The van der Waals surface area contributed by atoms with E-state index in [2.05, 4.69) is 27.0 Å². The summed E-state index contributed by atoms with van der Waals surface area (Å²) < 4.78 is 14.2. The van der Waals surface area contributed by atoms with Gasteiger partial charge >= 0.3 is 5.97 Å². The zero-order valence-corrected chi connectivity index (χ0v) is 26.4. The van der Waals surface area contributed by atoms with E-state index in [9.17, 15) is 9.59 Å². The first-order chi connectivity index (χ1) is 20.9. The molecule has 0 bridgehead atoms. The van der Waals surface area contributed by atoms with Crippen LogP contribution in [-0.4, -0.2) is 29.2 Å². The van der Waals surface area contributed by atoms with Gasteiger partial charge < -0.3 is 14.5 Å². The molecule has 0 radical (unpaired) electrons. The number of para-hydroxylation sites is 1. The summed E-state index contributed by atoms with van der Waals surface area (Å²) in [4.78, 5) is 37.0. The molecule has 0 amide bonds. The van der Waals surface area contributed by atoms with Crippen molar-refractivity contribution in [1.82, 2.24) is 9.55 Å². The summed E-state index contributed by atoms with van der Waals surface area (Å²) in [7, 11) is 1.58. The monoisotopic (exact) mass is 655 g/mol. The summed E-state index contributed by atoms with van der Waals surface area (Å²) in [5.74, 6) is 0.0734. The zero-order valence-electron chi connectivity index (χ0n) is 24.0. The van der Waals surface area contributed by atoms with Crippen molar-refractivity contribution in [3.8, 4) is 17.0 Å². The fourth-order valence-electron chi connectivity index (χ4n) is 5.61. The summed E-state index contributed by atoms with van der Waals surface area (Å²) in [6, 6.07) is 22.9. The highest BCUT2D eigenvalue weighted by molar-refractivity contribution is 9.10. The number of carbonyl (C=O) groups is 1. The van der Waals surface area contributed by atoms with E-state index in [1.54, 1.807) is 18.6 Å². The van der Waals surface area contributed by atoms with Gasteiger partial charge in [0.15, 0.2) is 4.80 Å². The number of hydrogen-bond donors (Lipinski definition) is 1. The van der Waals surface area contributed by atoms with Crippen LogP contribution in [0.4, 0.5) is 0 Å². The van der Waals surface area contributed by atoms with E-state index in [1.807, 2.05) is 79.7 Å². The Bertz CT molecular complexity index is 2060. The van der Waals surface area contributed by atoms with Crippen LogP contribution in [0.25, 0.3) is 28.2 Å². The number of fused-ring (bicyclic) bond motifs is 2. The molecule has 0 spiro atoms. The van der Waals surface area contributed by atoms with Gasteiger partial charge in [-0.05, 0) is 49.2 Å². The number of ether oxygens (including phenoxy) is 2. The van der Waals surface area contributed by atoms with Crippen LogP contribution in [0.3, 0.4) is 0 Å². The van der Waals surface area contributed by atoms with Crippen LogP contribution in [0.15, 0.2) is 98.3 Å². The lowest BCUT2D eigenvalue weighted by atomic mass is 9.93. The van der Waals surface area contributed by atoms with Gasteiger partial charge in [-0.25, -0.2) is 9.79 Å². The Morgan fingerprint density at radius 1 is 1.09 bits per heavy atom. The molecule has 3 heterocycles. The van der Waals surface area contributed by atoms with Gasteiger partial charge in [-0.3, -0.25) is 9.36 Å². The molecule has 7 nitrogen and oxygen atoms in total. The van der Waals surface area contributed by atoms with Gasteiger partial charge in [-0.2, -0.15) is 0 Å². The number of benzene rings is 3. The van der Waals surface area contributed by atoms with Crippen LogP contribution >= 0.6 is 27.3 Å². The molecule has 43 heavy (non-hydrogen) atoms. The smallest absolute Gasteiger partial charge is 0.338 e. The molecule has 5 aromatic rings. The van der Waals surface area contributed by atoms with Crippen LogP contribution in [0.1, 0.15) is 43.9 Å². The van der Waals surface area contributed by atoms with Crippen LogP contribution in [0.2, 0.25) is 0 Å².